The third kappa shape index (κ3) is 5.57. The lowest BCUT2D eigenvalue weighted by molar-refractivity contribution is -0.114. The third-order valence-corrected chi connectivity index (χ3v) is 6.56. The molecule has 0 saturated carbocycles. The van der Waals surface area contributed by atoms with E-state index in [2.05, 4.69) is 5.32 Å². The SMILES string of the molecule is CCOc1ccc(NC(=O)CN(c2ccccc2F)S(=O)(=O)c2ccc(OC)c(OC)c2)cc1. The van der Waals surface area contributed by atoms with Crippen molar-refractivity contribution in [2.45, 2.75) is 11.8 Å². The Kier molecular flexibility index (Phi) is 7.95. The van der Waals surface area contributed by atoms with Crippen molar-refractivity contribution in [3.8, 4) is 17.2 Å². The molecule has 0 atom stereocenters. The lowest BCUT2D eigenvalue weighted by atomic mass is 10.3. The number of amides is 1. The first-order valence-electron chi connectivity index (χ1n) is 10.3. The van der Waals surface area contributed by atoms with Crippen molar-refractivity contribution in [2.24, 2.45) is 0 Å². The standard InChI is InChI=1S/C24H25FN2O6S/c1-4-33-18-11-9-17(10-12-18)26-24(28)16-27(21-8-6-5-7-20(21)25)34(29,30)19-13-14-22(31-2)23(15-19)32-3/h5-15H,4,16H2,1-3H3,(H,26,28). The maximum Gasteiger partial charge on any atom is 0.265 e. The minimum atomic E-state index is -4.36. The summed E-state index contributed by atoms with van der Waals surface area (Å²) in [6.45, 7) is 1.69. The van der Waals surface area contributed by atoms with Gasteiger partial charge in [0.2, 0.25) is 5.91 Å². The number of halogens is 1. The highest BCUT2D eigenvalue weighted by molar-refractivity contribution is 7.92. The van der Waals surface area contributed by atoms with Gasteiger partial charge in [-0.15, -0.1) is 0 Å². The van der Waals surface area contributed by atoms with Crippen molar-refractivity contribution in [3.05, 3.63) is 72.5 Å². The Morgan fingerprint density at radius 2 is 1.65 bits per heavy atom. The van der Waals surface area contributed by atoms with Crippen LogP contribution in [0, 0.1) is 5.82 Å². The lowest BCUT2D eigenvalue weighted by Gasteiger charge is -2.25. The van der Waals surface area contributed by atoms with E-state index in [1.54, 1.807) is 24.3 Å². The number of para-hydroxylation sites is 1. The zero-order valence-electron chi connectivity index (χ0n) is 18.9. The summed E-state index contributed by atoms with van der Waals surface area (Å²) in [7, 11) is -1.57. The molecule has 3 aromatic rings. The van der Waals surface area contributed by atoms with Crippen LogP contribution in [0.2, 0.25) is 0 Å². The molecule has 3 aromatic carbocycles. The molecule has 34 heavy (non-hydrogen) atoms. The van der Waals surface area contributed by atoms with Gasteiger partial charge in [0.1, 0.15) is 18.1 Å². The molecule has 0 heterocycles. The van der Waals surface area contributed by atoms with Gasteiger partial charge in [-0.25, -0.2) is 12.8 Å². The van der Waals surface area contributed by atoms with Gasteiger partial charge in [0.25, 0.3) is 10.0 Å². The summed E-state index contributed by atoms with van der Waals surface area (Å²) in [5, 5.41) is 2.63. The summed E-state index contributed by atoms with van der Waals surface area (Å²) >= 11 is 0. The van der Waals surface area contributed by atoms with E-state index in [-0.39, 0.29) is 16.3 Å². The fourth-order valence-corrected chi connectivity index (χ4v) is 4.63. The number of anilines is 2. The molecule has 0 fully saturated rings. The molecule has 0 aliphatic heterocycles. The first kappa shape index (κ1) is 24.8. The number of hydrogen-bond donors (Lipinski definition) is 1. The van der Waals surface area contributed by atoms with Gasteiger partial charge in [0.05, 0.1) is 31.4 Å². The molecule has 0 bridgehead atoms. The number of hydrogen-bond acceptors (Lipinski definition) is 6. The van der Waals surface area contributed by atoms with Crippen molar-refractivity contribution in [1.82, 2.24) is 0 Å². The zero-order chi connectivity index (χ0) is 24.7. The first-order valence-corrected chi connectivity index (χ1v) is 11.8. The molecule has 180 valence electrons. The van der Waals surface area contributed by atoms with Crippen LogP contribution in [0.3, 0.4) is 0 Å². The summed E-state index contributed by atoms with van der Waals surface area (Å²) in [5.74, 6) is -0.315. The summed E-state index contributed by atoms with van der Waals surface area (Å²) in [6.07, 6.45) is 0. The number of sulfonamides is 1. The normalized spacial score (nSPS) is 10.9. The van der Waals surface area contributed by atoms with Crippen molar-refractivity contribution in [2.75, 3.05) is 37.0 Å². The molecule has 0 unspecified atom stereocenters. The molecule has 1 N–H and O–H groups in total. The van der Waals surface area contributed by atoms with Gasteiger partial charge in [-0.2, -0.15) is 0 Å². The number of methoxy groups -OCH3 is 2. The summed E-state index contributed by atoms with van der Waals surface area (Å²) in [5.41, 5.74) is 0.171. The molecule has 0 radical (unpaired) electrons. The summed E-state index contributed by atoms with van der Waals surface area (Å²) in [4.78, 5) is 12.6. The number of carbonyl (C=O) groups excluding carboxylic acids is 1. The van der Waals surface area contributed by atoms with Gasteiger partial charge < -0.3 is 19.5 Å². The van der Waals surface area contributed by atoms with Gasteiger partial charge >= 0.3 is 0 Å². The largest absolute Gasteiger partial charge is 0.494 e. The predicted molar refractivity (Wildman–Crippen MR) is 127 cm³/mol. The Hall–Kier alpha value is -3.79. The second-order valence-corrected chi connectivity index (χ2v) is 8.85. The second kappa shape index (κ2) is 10.9. The summed E-state index contributed by atoms with van der Waals surface area (Å²) in [6, 6.07) is 15.9. The fraction of sp³-hybridized carbons (Fsp3) is 0.208. The molecule has 8 nitrogen and oxygen atoms in total. The number of nitrogens with zero attached hydrogens (tertiary/aromatic N) is 1. The van der Waals surface area contributed by atoms with Crippen LogP contribution >= 0.6 is 0 Å². The second-order valence-electron chi connectivity index (χ2n) is 6.99. The molecule has 0 spiro atoms. The van der Waals surface area contributed by atoms with Crippen LogP contribution in [0.4, 0.5) is 15.8 Å². The van der Waals surface area contributed by atoms with E-state index in [4.69, 9.17) is 14.2 Å². The maximum absolute atomic E-state index is 14.6. The van der Waals surface area contributed by atoms with E-state index in [0.29, 0.717) is 28.1 Å². The van der Waals surface area contributed by atoms with E-state index in [0.717, 1.165) is 6.07 Å². The van der Waals surface area contributed by atoms with E-state index in [9.17, 15) is 17.6 Å². The van der Waals surface area contributed by atoms with Crippen molar-refractivity contribution < 1.29 is 31.8 Å². The Morgan fingerprint density at radius 1 is 0.971 bits per heavy atom. The monoisotopic (exact) mass is 488 g/mol. The van der Waals surface area contributed by atoms with Gasteiger partial charge in [0, 0.05) is 11.8 Å². The van der Waals surface area contributed by atoms with Crippen LogP contribution in [-0.2, 0) is 14.8 Å². The third-order valence-electron chi connectivity index (χ3n) is 4.80. The Labute approximate surface area is 197 Å². The molecule has 0 aliphatic carbocycles. The number of benzene rings is 3. The Balaban J connectivity index is 1.94. The zero-order valence-corrected chi connectivity index (χ0v) is 19.8. The van der Waals surface area contributed by atoms with Gasteiger partial charge in [-0.3, -0.25) is 9.10 Å². The molecular formula is C24H25FN2O6S. The topological polar surface area (TPSA) is 94.2 Å². The molecule has 0 saturated heterocycles. The van der Waals surface area contributed by atoms with E-state index < -0.39 is 28.3 Å². The van der Waals surface area contributed by atoms with Crippen molar-refractivity contribution >= 4 is 27.3 Å². The molecule has 0 aliphatic rings. The highest BCUT2D eigenvalue weighted by Gasteiger charge is 2.30. The Morgan fingerprint density at radius 3 is 2.26 bits per heavy atom. The number of ether oxygens (including phenoxy) is 3. The molecule has 1 amide bonds. The van der Waals surface area contributed by atoms with Crippen LogP contribution in [0.5, 0.6) is 17.2 Å². The van der Waals surface area contributed by atoms with E-state index in [1.165, 1.54) is 50.6 Å². The molecular weight excluding hydrogens is 463 g/mol. The van der Waals surface area contributed by atoms with Crippen LogP contribution in [0.1, 0.15) is 6.92 Å². The minimum Gasteiger partial charge on any atom is -0.494 e. The van der Waals surface area contributed by atoms with E-state index >= 15 is 0 Å². The smallest absolute Gasteiger partial charge is 0.265 e. The lowest BCUT2D eigenvalue weighted by Crippen LogP contribution is -2.38. The van der Waals surface area contributed by atoms with Crippen LogP contribution in [0.25, 0.3) is 0 Å². The highest BCUT2D eigenvalue weighted by Crippen LogP contribution is 2.33. The van der Waals surface area contributed by atoms with Crippen LogP contribution in [0.15, 0.2) is 71.6 Å². The predicted octanol–water partition coefficient (Wildman–Crippen LogP) is 4.08. The van der Waals surface area contributed by atoms with E-state index in [1.807, 2.05) is 6.92 Å². The first-order chi connectivity index (χ1) is 16.3. The number of carbonyl (C=O) groups is 1. The molecule has 10 heteroatoms. The van der Waals surface area contributed by atoms with Gasteiger partial charge in [-0.05, 0) is 55.5 Å². The Bertz CT molecular complexity index is 1250. The minimum absolute atomic E-state index is 0.177. The average Bonchev–Trinajstić information content (AvgIpc) is 2.84. The summed E-state index contributed by atoms with van der Waals surface area (Å²) < 4.78 is 58.1. The maximum atomic E-state index is 14.6. The quantitative estimate of drug-likeness (QED) is 0.462. The number of nitrogens with one attached hydrogen (secondary N) is 1. The number of rotatable bonds is 10. The van der Waals surface area contributed by atoms with Crippen LogP contribution in [-0.4, -0.2) is 41.7 Å². The molecule has 0 aromatic heterocycles. The highest BCUT2D eigenvalue weighted by atomic mass is 32.2. The van der Waals surface area contributed by atoms with Gasteiger partial charge in [0.15, 0.2) is 11.5 Å². The van der Waals surface area contributed by atoms with Crippen molar-refractivity contribution in [3.63, 3.8) is 0 Å². The fourth-order valence-electron chi connectivity index (χ4n) is 3.19. The van der Waals surface area contributed by atoms with Crippen molar-refractivity contribution in [1.29, 1.82) is 0 Å². The molecule has 3 rings (SSSR count). The van der Waals surface area contributed by atoms with Gasteiger partial charge in [-0.1, -0.05) is 12.1 Å². The van der Waals surface area contributed by atoms with Crippen LogP contribution < -0.4 is 23.8 Å². The average molecular weight is 489 g/mol.